The van der Waals surface area contributed by atoms with E-state index in [0.717, 1.165) is 42.2 Å². The lowest BCUT2D eigenvalue weighted by atomic mass is 10.1. The molecule has 29 heavy (non-hydrogen) atoms. The van der Waals surface area contributed by atoms with Gasteiger partial charge in [0.05, 0.1) is 24.7 Å². The van der Waals surface area contributed by atoms with Crippen molar-refractivity contribution >= 4 is 17.7 Å². The highest BCUT2D eigenvalue weighted by molar-refractivity contribution is 7.99. The minimum absolute atomic E-state index is 0.0323. The summed E-state index contributed by atoms with van der Waals surface area (Å²) in [6, 6.07) is 11.9. The van der Waals surface area contributed by atoms with Crippen LogP contribution in [0.3, 0.4) is 0 Å². The molecule has 0 radical (unpaired) electrons. The Kier molecular flexibility index (Phi) is 6.31. The number of ether oxygens (including phenoxy) is 1. The monoisotopic (exact) mass is 412 g/mol. The van der Waals surface area contributed by atoms with Gasteiger partial charge in [-0.2, -0.15) is 0 Å². The fourth-order valence-electron chi connectivity index (χ4n) is 3.31. The summed E-state index contributed by atoms with van der Waals surface area (Å²) in [6.07, 6.45) is 3.86. The Labute approximate surface area is 173 Å². The molecule has 152 valence electrons. The zero-order chi connectivity index (χ0) is 20.1. The number of rotatable bonds is 8. The second-order valence-corrected chi connectivity index (χ2v) is 8.01. The van der Waals surface area contributed by atoms with Crippen LogP contribution in [0, 0.1) is 6.92 Å². The van der Waals surface area contributed by atoms with Crippen molar-refractivity contribution in [3.05, 3.63) is 54.0 Å². The van der Waals surface area contributed by atoms with Crippen LogP contribution in [0.5, 0.6) is 0 Å². The predicted octanol–water partition coefficient (Wildman–Crippen LogP) is 3.28. The summed E-state index contributed by atoms with van der Waals surface area (Å²) in [7, 11) is 0. The van der Waals surface area contributed by atoms with E-state index < -0.39 is 0 Å². The third-order valence-corrected chi connectivity index (χ3v) is 5.74. The average Bonchev–Trinajstić information content (AvgIpc) is 3.48. The molecule has 0 spiro atoms. The maximum absolute atomic E-state index is 12.3. The molecule has 3 aromatic rings. The van der Waals surface area contributed by atoms with Crippen LogP contribution in [-0.4, -0.2) is 45.7 Å². The minimum atomic E-state index is -0.0323. The van der Waals surface area contributed by atoms with Crippen LogP contribution in [-0.2, 0) is 16.1 Å². The summed E-state index contributed by atoms with van der Waals surface area (Å²) in [5, 5.41) is 12.4. The lowest BCUT2D eigenvalue weighted by Crippen LogP contribution is -2.32. The number of nitrogens with zero attached hydrogens (tertiary/aromatic N) is 3. The van der Waals surface area contributed by atoms with Gasteiger partial charge in [-0.05, 0) is 38.0 Å². The molecule has 1 amide bonds. The first-order valence-corrected chi connectivity index (χ1v) is 10.7. The molecule has 8 heteroatoms. The van der Waals surface area contributed by atoms with Gasteiger partial charge in [-0.1, -0.05) is 35.5 Å². The summed E-state index contributed by atoms with van der Waals surface area (Å²) in [5.41, 5.74) is 2.14. The number of hydrogen-bond donors (Lipinski definition) is 1. The van der Waals surface area contributed by atoms with Crippen LogP contribution < -0.4 is 5.32 Å². The van der Waals surface area contributed by atoms with Crippen molar-refractivity contribution < 1.29 is 13.9 Å². The first kappa shape index (κ1) is 19.7. The number of carbonyl (C=O) groups excluding carboxylic acids is 1. The van der Waals surface area contributed by atoms with E-state index >= 15 is 0 Å². The molecule has 0 bridgehead atoms. The fourth-order valence-corrected chi connectivity index (χ4v) is 4.08. The number of nitrogens with one attached hydrogen (secondary N) is 1. The average molecular weight is 413 g/mol. The van der Waals surface area contributed by atoms with Gasteiger partial charge in [0, 0.05) is 18.7 Å². The number of carbonyl (C=O) groups is 1. The largest absolute Gasteiger partial charge is 0.467 e. The molecule has 7 nitrogen and oxygen atoms in total. The van der Waals surface area contributed by atoms with Crippen molar-refractivity contribution in [2.24, 2.45) is 0 Å². The summed E-state index contributed by atoms with van der Waals surface area (Å²) in [4.78, 5) is 12.3. The highest BCUT2D eigenvalue weighted by atomic mass is 32.2. The van der Waals surface area contributed by atoms with Crippen molar-refractivity contribution in [2.75, 3.05) is 18.9 Å². The Morgan fingerprint density at radius 2 is 2.24 bits per heavy atom. The number of hydrogen-bond acceptors (Lipinski definition) is 6. The van der Waals surface area contributed by atoms with Gasteiger partial charge in [0.15, 0.2) is 11.0 Å². The van der Waals surface area contributed by atoms with Gasteiger partial charge < -0.3 is 14.5 Å². The molecule has 1 aromatic carbocycles. The third kappa shape index (κ3) is 5.07. The number of thioether (sulfide) groups is 1. The highest BCUT2D eigenvalue weighted by Crippen LogP contribution is 2.26. The van der Waals surface area contributed by atoms with E-state index in [1.165, 1.54) is 11.8 Å². The third-order valence-electron chi connectivity index (χ3n) is 4.77. The topological polar surface area (TPSA) is 82.2 Å². The zero-order valence-electron chi connectivity index (χ0n) is 16.3. The summed E-state index contributed by atoms with van der Waals surface area (Å²) < 4.78 is 13.1. The van der Waals surface area contributed by atoms with E-state index in [1.54, 1.807) is 6.26 Å². The molecule has 0 unspecified atom stereocenters. The Balaban J connectivity index is 1.47. The van der Waals surface area contributed by atoms with E-state index in [2.05, 4.69) is 21.6 Å². The van der Waals surface area contributed by atoms with Crippen LogP contribution >= 0.6 is 11.8 Å². The minimum Gasteiger partial charge on any atom is -0.467 e. The number of furan rings is 1. The van der Waals surface area contributed by atoms with Crippen LogP contribution in [0.4, 0.5) is 0 Å². The Morgan fingerprint density at radius 3 is 3.00 bits per heavy atom. The van der Waals surface area contributed by atoms with E-state index in [-0.39, 0.29) is 17.8 Å². The molecule has 1 aliphatic heterocycles. The lowest BCUT2D eigenvalue weighted by Gasteiger charge is -2.11. The van der Waals surface area contributed by atoms with Crippen molar-refractivity contribution in [1.82, 2.24) is 20.1 Å². The van der Waals surface area contributed by atoms with Gasteiger partial charge in [-0.15, -0.1) is 10.2 Å². The molecule has 1 atom stereocenters. The summed E-state index contributed by atoms with van der Waals surface area (Å²) >= 11 is 1.37. The normalized spacial score (nSPS) is 16.2. The van der Waals surface area contributed by atoms with Gasteiger partial charge >= 0.3 is 0 Å². The number of amides is 1. The molecule has 1 fully saturated rings. The molecular formula is C21H24N4O3S. The van der Waals surface area contributed by atoms with Gasteiger partial charge in [0.2, 0.25) is 5.91 Å². The molecule has 0 saturated carbocycles. The van der Waals surface area contributed by atoms with Gasteiger partial charge in [0.1, 0.15) is 5.76 Å². The van der Waals surface area contributed by atoms with Crippen molar-refractivity contribution in [1.29, 1.82) is 0 Å². The molecule has 2 aromatic heterocycles. The van der Waals surface area contributed by atoms with Crippen molar-refractivity contribution in [3.63, 3.8) is 0 Å². The second kappa shape index (κ2) is 9.28. The summed E-state index contributed by atoms with van der Waals surface area (Å²) in [6.45, 7) is 3.90. The Morgan fingerprint density at radius 1 is 1.31 bits per heavy atom. The molecule has 1 aliphatic rings. The molecule has 3 heterocycles. The summed E-state index contributed by atoms with van der Waals surface area (Å²) in [5.74, 6) is 1.81. The zero-order valence-corrected chi connectivity index (χ0v) is 17.2. The maximum atomic E-state index is 12.3. The van der Waals surface area contributed by atoms with E-state index in [9.17, 15) is 4.79 Å². The van der Waals surface area contributed by atoms with Crippen LogP contribution in [0.15, 0.2) is 52.2 Å². The molecule has 4 rings (SSSR count). The van der Waals surface area contributed by atoms with Crippen LogP contribution in [0.1, 0.15) is 24.2 Å². The van der Waals surface area contributed by atoms with Crippen LogP contribution in [0.2, 0.25) is 0 Å². The van der Waals surface area contributed by atoms with E-state index in [4.69, 9.17) is 9.15 Å². The molecule has 0 aliphatic carbocycles. The smallest absolute Gasteiger partial charge is 0.230 e. The second-order valence-electron chi connectivity index (χ2n) is 7.07. The SMILES string of the molecule is Cc1cccc(-c2nnc(SCC(=O)NC[C@H]3CCCO3)n2Cc2ccco2)c1. The van der Waals surface area contributed by atoms with Gasteiger partial charge in [0.25, 0.3) is 0 Å². The van der Waals surface area contributed by atoms with Crippen LogP contribution in [0.25, 0.3) is 11.4 Å². The van der Waals surface area contributed by atoms with Gasteiger partial charge in [-0.25, -0.2) is 0 Å². The Hall–Kier alpha value is -2.58. The highest BCUT2D eigenvalue weighted by Gasteiger charge is 2.19. The van der Waals surface area contributed by atoms with Crippen molar-refractivity contribution in [2.45, 2.75) is 37.6 Å². The quantitative estimate of drug-likeness (QED) is 0.572. The van der Waals surface area contributed by atoms with E-state index in [0.29, 0.717) is 18.2 Å². The molecule has 1 saturated heterocycles. The fraction of sp³-hybridized carbons (Fsp3) is 0.381. The van der Waals surface area contributed by atoms with E-state index in [1.807, 2.05) is 41.8 Å². The molecular weight excluding hydrogens is 388 g/mol. The maximum Gasteiger partial charge on any atom is 0.230 e. The number of aromatic nitrogens is 3. The first-order valence-electron chi connectivity index (χ1n) is 9.73. The number of benzene rings is 1. The number of aryl methyl sites for hydroxylation is 1. The predicted molar refractivity (Wildman–Crippen MR) is 111 cm³/mol. The first-order chi connectivity index (χ1) is 14.2. The Bertz CT molecular complexity index is 949. The lowest BCUT2D eigenvalue weighted by molar-refractivity contribution is -0.119. The standard InChI is InChI=1S/C21H24N4O3S/c1-15-5-2-6-16(11-15)20-23-24-21(25(20)13-18-8-4-10-28-18)29-14-19(26)22-12-17-7-3-9-27-17/h2,4-6,8,10-11,17H,3,7,9,12-14H2,1H3,(H,22,26)/t17-/m1/s1. The van der Waals surface area contributed by atoms with Crippen molar-refractivity contribution in [3.8, 4) is 11.4 Å². The van der Waals surface area contributed by atoms with Gasteiger partial charge in [-0.3, -0.25) is 9.36 Å². The molecule has 1 N–H and O–H groups in total.